The summed E-state index contributed by atoms with van der Waals surface area (Å²) in [4.78, 5) is 3.89. The van der Waals surface area contributed by atoms with Crippen LogP contribution in [0.25, 0.3) is 0 Å². The van der Waals surface area contributed by atoms with Crippen LogP contribution in [0.1, 0.15) is 12.1 Å². The Balaban J connectivity index is 2.33. The summed E-state index contributed by atoms with van der Waals surface area (Å²) in [7, 11) is -5.47. The van der Waals surface area contributed by atoms with Gasteiger partial charge in [-0.3, -0.25) is 0 Å². The Morgan fingerprint density at radius 3 is 2.53 bits per heavy atom. The smallest absolute Gasteiger partial charge is 0.254 e. The maximum Gasteiger partial charge on any atom is 0.254 e. The highest BCUT2D eigenvalue weighted by Crippen LogP contribution is 2.30. The molecular weight excluding hydrogens is 310 g/mol. The summed E-state index contributed by atoms with van der Waals surface area (Å²) >= 11 is 0.896. The van der Waals surface area contributed by atoms with Crippen LogP contribution in [-0.4, -0.2) is 50.7 Å². The summed E-state index contributed by atoms with van der Waals surface area (Å²) in [5.74, 6) is -0.0998. The fourth-order valence-corrected chi connectivity index (χ4v) is 6.75. The number of hydrogen-bond acceptors (Lipinski definition) is 7. The van der Waals surface area contributed by atoms with Gasteiger partial charge in [0.05, 0.1) is 17.2 Å². The number of nitrogens with two attached hydrogens (primary N) is 1. The zero-order valence-electron chi connectivity index (χ0n) is 10.5. The van der Waals surface area contributed by atoms with Gasteiger partial charge in [-0.05, 0) is 13.3 Å². The number of sulfone groups is 1. The van der Waals surface area contributed by atoms with E-state index in [0.29, 0.717) is 12.1 Å². The van der Waals surface area contributed by atoms with E-state index in [2.05, 4.69) is 4.98 Å². The molecule has 0 spiro atoms. The van der Waals surface area contributed by atoms with E-state index >= 15 is 0 Å². The minimum Gasteiger partial charge on any atom is -0.375 e. The van der Waals surface area contributed by atoms with Gasteiger partial charge in [0.1, 0.15) is 0 Å². The first-order valence-corrected chi connectivity index (χ1v) is 9.62. The van der Waals surface area contributed by atoms with Crippen molar-refractivity contribution in [3.05, 3.63) is 5.69 Å². The van der Waals surface area contributed by atoms with Gasteiger partial charge in [0.2, 0.25) is 0 Å². The molecule has 2 rings (SSSR count). The van der Waals surface area contributed by atoms with Crippen molar-refractivity contribution in [1.29, 1.82) is 0 Å². The monoisotopic (exact) mass is 325 g/mol. The highest BCUT2D eigenvalue weighted by atomic mass is 32.2. The molecule has 0 aliphatic carbocycles. The van der Waals surface area contributed by atoms with Gasteiger partial charge < -0.3 is 5.73 Å². The maximum absolute atomic E-state index is 12.4. The highest BCUT2D eigenvalue weighted by Gasteiger charge is 2.37. The van der Waals surface area contributed by atoms with Gasteiger partial charge in [-0.15, -0.1) is 0 Å². The largest absolute Gasteiger partial charge is 0.375 e. The van der Waals surface area contributed by atoms with Gasteiger partial charge in [-0.2, -0.15) is 4.31 Å². The van der Waals surface area contributed by atoms with Gasteiger partial charge in [0.15, 0.2) is 19.2 Å². The molecule has 7 nitrogen and oxygen atoms in total. The van der Waals surface area contributed by atoms with Crippen molar-refractivity contribution in [2.24, 2.45) is 0 Å². The van der Waals surface area contributed by atoms with Gasteiger partial charge >= 0.3 is 0 Å². The standard InChI is InChI=1S/C9H15N3O4S3/c1-6-8(17-9(10)11-6)19(15,16)12(2)7-3-4-18(13,14)5-7/h7H,3-5H2,1-2H3,(H2,10,11). The number of thiazole rings is 1. The van der Waals surface area contributed by atoms with Crippen LogP contribution in [-0.2, 0) is 19.9 Å². The first kappa shape index (κ1) is 14.7. The van der Waals surface area contributed by atoms with Crippen LogP contribution >= 0.6 is 11.3 Å². The molecular formula is C9H15N3O4S3. The Hall–Kier alpha value is -0.710. The summed E-state index contributed by atoms with van der Waals surface area (Å²) in [6.45, 7) is 1.57. The number of nitrogen functional groups attached to an aromatic ring is 1. The van der Waals surface area contributed by atoms with E-state index in [0.717, 1.165) is 15.6 Å². The Morgan fingerprint density at radius 1 is 1.47 bits per heavy atom. The van der Waals surface area contributed by atoms with Crippen molar-refractivity contribution >= 4 is 36.3 Å². The third-order valence-corrected chi connectivity index (χ3v) is 8.34. The van der Waals surface area contributed by atoms with Gasteiger partial charge in [0.25, 0.3) is 10.0 Å². The van der Waals surface area contributed by atoms with E-state index in [9.17, 15) is 16.8 Å². The molecule has 1 aliphatic heterocycles. The molecule has 1 aliphatic rings. The van der Waals surface area contributed by atoms with E-state index in [4.69, 9.17) is 5.73 Å². The van der Waals surface area contributed by atoms with Crippen molar-refractivity contribution in [3.8, 4) is 0 Å². The third kappa shape index (κ3) is 2.76. The van der Waals surface area contributed by atoms with E-state index in [1.165, 1.54) is 7.05 Å². The van der Waals surface area contributed by atoms with Crippen molar-refractivity contribution in [3.63, 3.8) is 0 Å². The molecule has 0 radical (unpaired) electrons. The SMILES string of the molecule is Cc1nc(N)sc1S(=O)(=O)N(C)C1CCS(=O)(=O)C1. The number of aryl methyl sites for hydroxylation is 1. The van der Waals surface area contributed by atoms with Crippen LogP contribution in [0.15, 0.2) is 4.21 Å². The van der Waals surface area contributed by atoms with Crippen LogP contribution in [0, 0.1) is 6.92 Å². The van der Waals surface area contributed by atoms with E-state index in [1.54, 1.807) is 6.92 Å². The van der Waals surface area contributed by atoms with E-state index in [-0.39, 0.29) is 20.8 Å². The van der Waals surface area contributed by atoms with Gasteiger partial charge in [-0.25, -0.2) is 21.8 Å². The number of anilines is 1. The van der Waals surface area contributed by atoms with Gasteiger partial charge in [-0.1, -0.05) is 11.3 Å². The Morgan fingerprint density at radius 2 is 2.11 bits per heavy atom. The van der Waals surface area contributed by atoms with Crippen LogP contribution < -0.4 is 5.73 Å². The third-order valence-electron chi connectivity index (χ3n) is 3.11. The lowest BCUT2D eigenvalue weighted by molar-refractivity contribution is 0.394. The summed E-state index contributed by atoms with van der Waals surface area (Å²) in [5.41, 5.74) is 5.84. The topological polar surface area (TPSA) is 110 Å². The molecule has 1 atom stereocenters. The Kier molecular flexibility index (Phi) is 3.62. The maximum atomic E-state index is 12.4. The second kappa shape index (κ2) is 4.69. The molecule has 1 saturated heterocycles. The quantitative estimate of drug-likeness (QED) is 0.827. The molecule has 2 heterocycles. The molecule has 0 aromatic carbocycles. The zero-order valence-corrected chi connectivity index (χ0v) is 13.0. The Labute approximate surface area is 116 Å². The summed E-state index contributed by atoms with van der Waals surface area (Å²) in [6.07, 6.45) is 0.325. The Bertz CT molecular complexity index is 692. The minimum absolute atomic E-state index is 0.0291. The molecule has 2 N–H and O–H groups in total. The van der Waals surface area contributed by atoms with Crippen molar-refractivity contribution in [2.75, 3.05) is 24.3 Å². The number of rotatable bonds is 3. The first-order chi connectivity index (χ1) is 8.63. The highest BCUT2D eigenvalue weighted by molar-refractivity contribution is 7.92. The second-order valence-electron chi connectivity index (χ2n) is 4.50. The lowest BCUT2D eigenvalue weighted by Crippen LogP contribution is -2.37. The molecule has 0 amide bonds. The minimum atomic E-state index is -3.74. The van der Waals surface area contributed by atoms with Crippen molar-refractivity contribution in [1.82, 2.24) is 9.29 Å². The molecule has 19 heavy (non-hydrogen) atoms. The number of sulfonamides is 1. The summed E-state index contributed by atoms with van der Waals surface area (Å²) < 4.78 is 48.9. The van der Waals surface area contributed by atoms with Gasteiger partial charge in [0, 0.05) is 13.1 Å². The fourth-order valence-electron chi connectivity index (χ4n) is 2.03. The molecule has 108 valence electrons. The molecule has 0 bridgehead atoms. The summed E-state index contributed by atoms with van der Waals surface area (Å²) in [5, 5.41) is 0.184. The molecule has 1 fully saturated rings. The predicted octanol–water partition coefficient (Wildman–Crippen LogP) is -0.159. The average molecular weight is 325 g/mol. The van der Waals surface area contributed by atoms with Crippen LogP contribution in [0.5, 0.6) is 0 Å². The van der Waals surface area contributed by atoms with Crippen LogP contribution in [0.3, 0.4) is 0 Å². The average Bonchev–Trinajstić information content (AvgIpc) is 2.80. The normalized spacial score (nSPS) is 23.0. The number of hydrogen-bond donors (Lipinski definition) is 1. The summed E-state index contributed by atoms with van der Waals surface area (Å²) in [6, 6.07) is -0.516. The van der Waals surface area contributed by atoms with Crippen LogP contribution in [0.4, 0.5) is 5.13 Å². The van der Waals surface area contributed by atoms with Crippen molar-refractivity contribution < 1.29 is 16.8 Å². The van der Waals surface area contributed by atoms with E-state index in [1.807, 2.05) is 0 Å². The first-order valence-electron chi connectivity index (χ1n) is 5.55. The number of nitrogens with zero attached hydrogens (tertiary/aromatic N) is 2. The fraction of sp³-hybridized carbons (Fsp3) is 0.667. The molecule has 0 saturated carbocycles. The predicted molar refractivity (Wildman–Crippen MR) is 73.3 cm³/mol. The lowest BCUT2D eigenvalue weighted by Gasteiger charge is -2.21. The molecule has 1 aromatic heterocycles. The number of aromatic nitrogens is 1. The van der Waals surface area contributed by atoms with E-state index < -0.39 is 25.9 Å². The van der Waals surface area contributed by atoms with Crippen molar-refractivity contribution in [2.45, 2.75) is 23.6 Å². The zero-order chi connectivity index (χ0) is 14.4. The second-order valence-corrected chi connectivity index (χ2v) is 9.96. The molecule has 10 heteroatoms. The lowest BCUT2D eigenvalue weighted by atomic mass is 10.3. The molecule has 1 unspecified atom stereocenters. The van der Waals surface area contributed by atoms with Crippen LogP contribution in [0.2, 0.25) is 0 Å². The molecule has 1 aromatic rings.